The SMILES string of the molecule is CCOP(=O)(CC(C(=O)OC(C)(C)C)c1cccc(NC(=O)OC(C)(C)C)c1C)C(NC(=O)OCc1ccccc1)C(C)C. The maximum Gasteiger partial charge on any atom is 0.412 e. The molecule has 0 saturated heterocycles. The van der Waals surface area contributed by atoms with Crippen LogP contribution in [0, 0.1) is 12.8 Å². The molecule has 0 aliphatic carbocycles. The Labute approximate surface area is 262 Å². The Kier molecular flexibility index (Phi) is 13.0. The van der Waals surface area contributed by atoms with E-state index in [2.05, 4.69) is 10.6 Å². The molecule has 0 radical (unpaired) electrons. The van der Waals surface area contributed by atoms with Gasteiger partial charge in [-0.3, -0.25) is 14.7 Å². The van der Waals surface area contributed by atoms with E-state index in [9.17, 15) is 18.9 Å². The summed E-state index contributed by atoms with van der Waals surface area (Å²) in [5, 5.41) is 5.50. The summed E-state index contributed by atoms with van der Waals surface area (Å²) in [6.45, 7) is 17.7. The summed E-state index contributed by atoms with van der Waals surface area (Å²) in [5.74, 6) is -2.95. The lowest BCUT2D eigenvalue weighted by atomic mass is 9.95. The minimum Gasteiger partial charge on any atom is -0.459 e. The van der Waals surface area contributed by atoms with Crippen molar-refractivity contribution in [2.75, 3.05) is 18.1 Å². The summed E-state index contributed by atoms with van der Waals surface area (Å²) in [6, 6.07) is 14.3. The van der Waals surface area contributed by atoms with Crippen LogP contribution in [0.2, 0.25) is 0 Å². The third-order valence-corrected chi connectivity index (χ3v) is 9.54. The second kappa shape index (κ2) is 15.6. The first-order valence-corrected chi connectivity index (χ1v) is 16.8. The van der Waals surface area contributed by atoms with Crippen LogP contribution in [0.4, 0.5) is 15.3 Å². The smallest absolute Gasteiger partial charge is 0.412 e. The Bertz CT molecular complexity index is 1320. The molecule has 2 aromatic carbocycles. The number of carbonyl (C=O) groups is 3. The minimum atomic E-state index is -3.79. The van der Waals surface area contributed by atoms with E-state index < -0.39 is 48.4 Å². The topological polar surface area (TPSA) is 129 Å². The Hall–Kier alpha value is -3.36. The highest BCUT2D eigenvalue weighted by atomic mass is 31.2. The van der Waals surface area contributed by atoms with Gasteiger partial charge < -0.3 is 24.1 Å². The molecule has 0 aliphatic heterocycles. The number of alkyl carbamates (subject to hydrolysis) is 1. The molecule has 2 N–H and O–H groups in total. The second-order valence-corrected chi connectivity index (χ2v) is 15.6. The summed E-state index contributed by atoms with van der Waals surface area (Å²) in [6.07, 6.45) is -1.65. The molecule has 3 unspecified atom stereocenters. The summed E-state index contributed by atoms with van der Waals surface area (Å²) >= 11 is 0. The van der Waals surface area contributed by atoms with Crippen molar-refractivity contribution in [2.45, 2.75) is 98.7 Å². The van der Waals surface area contributed by atoms with Gasteiger partial charge in [-0.15, -0.1) is 0 Å². The number of ether oxygens (including phenoxy) is 3. The summed E-state index contributed by atoms with van der Waals surface area (Å²) in [7, 11) is -3.79. The van der Waals surface area contributed by atoms with Crippen LogP contribution in [0.1, 0.15) is 84.9 Å². The molecule has 0 aliphatic rings. The van der Waals surface area contributed by atoms with Gasteiger partial charge in [-0.05, 0) is 84.1 Å². The van der Waals surface area contributed by atoms with Gasteiger partial charge in [0.05, 0.1) is 12.5 Å². The molecule has 10 nitrogen and oxygen atoms in total. The Morgan fingerprint density at radius 3 is 2.02 bits per heavy atom. The average Bonchev–Trinajstić information content (AvgIpc) is 2.89. The van der Waals surface area contributed by atoms with Gasteiger partial charge in [0.2, 0.25) is 7.37 Å². The number of amides is 2. The number of hydrogen-bond donors (Lipinski definition) is 2. The first-order valence-electron chi connectivity index (χ1n) is 14.9. The molecule has 0 aromatic heterocycles. The number of esters is 1. The van der Waals surface area contributed by atoms with E-state index in [0.29, 0.717) is 16.8 Å². The zero-order valence-corrected chi connectivity index (χ0v) is 28.6. The highest BCUT2D eigenvalue weighted by Crippen LogP contribution is 2.56. The van der Waals surface area contributed by atoms with Gasteiger partial charge in [0.15, 0.2) is 0 Å². The van der Waals surface area contributed by atoms with Crippen LogP contribution in [0.25, 0.3) is 0 Å². The van der Waals surface area contributed by atoms with E-state index in [-0.39, 0.29) is 25.3 Å². The average molecular weight is 633 g/mol. The van der Waals surface area contributed by atoms with Crippen LogP contribution in [-0.2, 0) is 34.7 Å². The number of hydrogen-bond acceptors (Lipinski definition) is 8. The number of rotatable bonds is 12. The molecule has 3 atom stereocenters. The van der Waals surface area contributed by atoms with Gasteiger partial charge >= 0.3 is 18.2 Å². The van der Waals surface area contributed by atoms with Crippen molar-refractivity contribution in [2.24, 2.45) is 5.92 Å². The first-order chi connectivity index (χ1) is 20.3. The third kappa shape index (κ3) is 11.6. The summed E-state index contributed by atoms with van der Waals surface area (Å²) < 4.78 is 37.3. The fourth-order valence-electron chi connectivity index (χ4n) is 4.58. The molecular formula is C33H49N2O8P. The van der Waals surface area contributed by atoms with E-state index in [1.165, 1.54) is 0 Å². The van der Waals surface area contributed by atoms with Gasteiger partial charge in [-0.2, -0.15) is 0 Å². The van der Waals surface area contributed by atoms with Crippen molar-refractivity contribution in [3.63, 3.8) is 0 Å². The lowest BCUT2D eigenvalue weighted by Crippen LogP contribution is -2.41. The standard InChI is InChI=1S/C33H49N2O8P/c1-11-41-44(39,28(22(2)3)35-30(37)40-20-24-16-13-12-14-17-24)21-26(29(36)42-32(5,6)7)25-18-15-19-27(23(25)4)34-31(38)43-33(8,9)10/h12-19,22,26,28H,11,20-21H2,1-10H3,(H,34,38)(H,35,37). The number of anilines is 1. The Balaban J connectivity index is 2.48. The number of nitrogens with one attached hydrogen (secondary N) is 2. The summed E-state index contributed by atoms with van der Waals surface area (Å²) in [5.41, 5.74) is 0.773. The molecule has 0 heterocycles. The number of carbonyl (C=O) groups excluding carboxylic acids is 3. The van der Waals surface area contributed by atoms with Gasteiger partial charge in [0, 0.05) is 11.8 Å². The van der Waals surface area contributed by atoms with Crippen LogP contribution in [0.3, 0.4) is 0 Å². The van der Waals surface area contributed by atoms with E-state index in [1.807, 2.05) is 44.2 Å². The monoisotopic (exact) mass is 632 g/mol. The molecular weight excluding hydrogens is 583 g/mol. The van der Waals surface area contributed by atoms with Crippen molar-refractivity contribution in [1.82, 2.24) is 5.32 Å². The molecule has 0 spiro atoms. The fraction of sp³-hybridized carbons (Fsp3) is 0.545. The molecule has 0 bridgehead atoms. The normalized spacial score (nSPS) is 14.6. The largest absolute Gasteiger partial charge is 0.459 e. The van der Waals surface area contributed by atoms with E-state index in [1.54, 1.807) is 73.6 Å². The fourth-order valence-corrected chi connectivity index (χ4v) is 7.57. The molecule has 11 heteroatoms. The molecule has 2 rings (SSSR count). The van der Waals surface area contributed by atoms with Crippen molar-refractivity contribution < 1.29 is 37.7 Å². The van der Waals surface area contributed by atoms with Crippen LogP contribution < -0.4 is 10.6 Å². The second-order valence-electron chi connectivity index (χ2n) is 13.0. The van der Waals surface area contributed by atoms with Gasteiger partial charge in [-0.25, -0.2) is 9.59 Å². The lowest BCUT2D eigenvalue weighted by molar-refractivity contribution is -0.156. The molecule has 2 amide bonds. The van der Waals surface area contributed by atoms with E-state index in [0.717, 1.165) is 5.56 Å². The van der Waals surface area contributed by atoms with Crippen molar-refractivity contribution in [3.05, 3.63) is 65.2 Å². The van der Waals surface area contributed by atoms with Crippen LogP contribution in [0.5, 0.6) is 0 Å². The van der Waals surface area contributed by atoms with Crippen molar-refractivity contribution >= 4 is 31.2 Å². The predicted octanol–water partition coefficient (Wildman–Crippen LogP) is 7.99. The quantitative estimate of drug-likeness (QED) is 0.137. The highest BCUT2D eigenvalue weighted by Gasteiger charge is 2.43. The Morgan fingerprint density at radius 2 is 1.48 bits per heavy atom. The zero-order chi connectivity index (χ0) is 33.3. The van der Waals surface area contributed by atoms with E-state index >= 15 is 0 Å². The third-order valence-electron chi connectivity index (χ3n) is 6.40. The lowest BCUT2D eigenvalue weighted by Gasteiger charge is -2.33. The van der Waals surface area contributed by atoms with Gasteiger partial charge in [-0.1, -0.05) is 56.3 Å². The molecule has 0 saturated carbocycles. The summed E-state index contributed by atoms with van der Waals surface area (Å²) in [4.78, 5) is 39.2. The minimum absolute atomic E-state index is 0.0353. The molecule has 2 aromatic rings. The molecule has 0 fully saturated rings. The van der Waals surface area contributed by atoms with Gasteiger partial charge in [0.1, 0.15) is 23.6 Å². The van der Waals surface area contributed by atoms with Gasteiger partial charge in [0.25, 0.3) is 0 Å². The maximum absolute atomic E-state index is 14.8. The predicted molar refractivity (Wildman–Crippen MR) is 172 cm³/mol. The Morgan fingerprint density at radius 1 is 0.864 bits per heavy atom. The molecule has 244 valence electrons. The highest BCUT2D eigenvalue weighted by molar-refractivity contribution is 7.59. The van der Waals surface area contributed by atoms with E-state index in [4.69, 9.17) is 18.7 Å². The first kappa shape index (κ1) is 36.8. The van der Waals surface area contributed by atoms with Crippen molar-refractivity contribution in [3.8, 4) is 0 Å². The van der Waals surface area contributed by atoms with Crippen LogP contribution in [0.15, 0.2) is 48.5 Å². The zero-order valence-electron chi connectivity index (χ0n) is 27.7. The van der Waals surface area contributed by atoms with Crippen molar-refractivity contribution in [1.29, 1.82) is 0 Å². The van der Waals surface area contributed by atoms with Crippen LogP contribution in [-0.4, -0.2) is 47.9 Å². The van der Waals surface area contributed by atoms with Crippen LogP contribution >= 0.6 is 7.37 Å². The maximum atomic E-state index is 14.8. The number of benzene rings is 2. The molecule has 44 heavy (non-hydrogen) atoms.